The normalized spacial score (nSPS) is 18.6. The molecular weight excluding hydrogens is 511 g/mol. The summed E-state index contributed by atoms with van der Waals surface area (Å²) in [5, 5.41) is 3.90. The number of carbonyl (C=O) groups excluding carboxylic acids is 3. The lowest BCUT2D eigenvalue weighted by Gasteiger charge is -2.34. The lowest BCUT2D eigenvalue weighted by molar-refractivity contribution is -0.140. The van der Waals surface area contributed by atoms with E-state index >= 15 is 0 Å². The Morgan fingerprint density at radius 3 is 2.38 bits per heavy atom. The van der Waals surface area contributed by atoms with E-state index in [1.807, 2.05) is 12.1 Å². The lowest BCUT2D eigenvalue weighted by Crippen LogP contribution is -2.38. The van der Waals surface area contributed by atoms with Crippen LogP contribution in [0, 0.1) is 0 Å². The smallest absolute Gasteiger partial charge is 0.336 e. The maximum Gasteiger partial charge on any atom is 0.336 e. The van der Waals surface area contributed by atoms with Crippen molar-refractivity contribution in [2.75, 3.05) is 6.61 Å². The molecule has 0 spiro atoms. The molecule has 1 aliphatic carbocycles. The van der Waals surface area contributed by atoms with Crippen LogP contribution in [0.5, 0.6) is 0 Å². The first-order valence-corrected chi connectivity index (χ1v) is 13.6. The van der Waals surface area contributed by atoms with Gasteiger partial charge in [-0.25, -0.2) is 4.79 Å². The van der Waals surface area contributed by atoms with Crippen LogP contribution in [0.4, 0.5) is 0 Å². The fourth-order valence-corrected chi connectivity index (χ4v) is 5.46. The molecule has 2 amide bonds. The highest BCUT2D eigenvalue weighted by molar-refractivity contribution is 6.42. The van der Waals surface area contributed by atoms with Gasteiger partial charge >= 0.3 is 5.97 Å². The van der Waals surface area contributed by atoms with Gasteiger partial charge in [-0.15, -0.1) is 0 Å². The second kappa shape index (κ2) is 12.1. The first kappa shape index (κ1) is 27.2. The van der Waals surface area contributed by atoms with Crippen molar-refractivity contribution in [2.45, 2.75) is 70.9 Å². The Balaban J connectivity index is 1.55. The van der Waals surface area contributed by atoms with Crippen molar-refractivity contribution in [3.63, 3.8) is 0 Å². The van der Waals surface area contributed by atoms with Crippen LogP contribution in [0.3, 0.4) is 0 Å². The summed E-state index contributed by atoms with van der Waals surface area (Å²) in [6.45, 7) is 4.02. The molecule has 0 radical (unpaired) electrons. The number of nitrogens with zero attached hydrogens (tertiary/aromatic N) is 1. The summed E-state index contributed by atoms with van der Waals surface area (Å²) in [4.78, 5) is 40.6. The zero-order valence-corrected chi connectivity index (χ0v) is 22.7. The van der Waals surface area contributed by atoms with Gasteiger partial charge in [0.25, 0.3) is 5.91 Å². The molecule has 6 nitrogen and oxygen atoms in total. The first-order chi connectivity index (χ1) is 17.8. The monoisotopic (exact) mass is 542 g/mol. The maximum absolute atomic E-state index is 13.3. The second-order valence-electron chi connectivity index (χ2n) is 9.64. The Hall–Kier alpha value is -2.83. The molecule has 37 heavy (non-hydrogen) atoms. The van der Waals surface area contributed by atoms with Gasteiger partial charge in [-0.1, -0.05) is 60.7 Å². The van der Waals surface area contributed by atoms with E-state index in [0.29, 0.717) is 26.9 Å². The van der Waals surface area contributed by atoms with E-state index in [-0.39, 0.29) is 37.4 Å². The fraction of sp³-hybridized carbons (Fsp3) is 0.414. The number of rotatable bonds is 7. The van der Waals surface area contributed by atoms with E-state index in [2.05, 4.69) is 5.32 Å². The molecule has 0 unspecified atom stereocenters. The molecule has 8 heteroatoms. The minimum Gasteiger partial charge on any atom is -0.463 e. The molecular formula is C29H32Cl2N2O4. The second-order valence-corrected chi connectivity index (χ2v) is 10.4. The topological polar surface area (TPSA) is 75.7 Å². The molecule has 0 saturated heterocycles. The van der Waals surface area contributed by atoms with Crippen LogP contribution in [0.2, 0.25) is 10.0 Å². The van der Waals surface area contributed by atoms with E-state index in [1.165, 1.54) is 6.42 Å². The highest BCUT2D eigenvalue weighted by atomic mass is 35.5. The number of amides is 2. The van der Waals surface area contributed by atoms with Crippen LogP contribution in [-0.2, 0) is 20.9 Å². The minimum absolute atomic E-state index is 0.0716. The number of allylic oxidation sites excluding steroid dienone is 1. The van der Waals surface area contributed by atoms with Crippen LogP contribution < -0.4 is 5.32 Å². The molecule has 0 aromatic heterocycles. The van der Waals surface area contributed by atoms with Crippen molar-refractivity contribution in [3.8, 4) is 0 Å². The quantitative estimate of drug-likeness (QED) is 0.410. The van der Waals surface area contributed by atoms with Crippen LogP contribution in [0.25, 0.3) is 0 Å². The number of benzene rings is 2. The third-order valence-corrected chi connectivity index (χ3v) is 7.90. The van der Waals surface area contributed by atoms with E-state index in [9.17, 15) is 14.4 Å². The largest absolute Gasteiger partial charge is 0.463 e. The van der Waals surface area contributed by atoms with Crippen LogP contribution >= 0.6 is 23.2 Å². The predicted octanol–water partition coefficient (Wildman–Crippen LogP) is 6.41. The summed E-state index contributed by atoms with van der Waals surface area (Å²) in [7, 11) is 0. The molecule has 2 aromatic carbocycles. The summed E-state index contributed by atoms with van der Waals surface area (Å²) in [6.07, 6.45) is 5.69. The van der Waals surface area contributed by atoms with Crippen molar-refractivity contribution in [2.24, 2.45) is 0 Å². The van der Waals surface area contributed by atoms with Gasteiger partial charge in [0.15, 0.2) is 0 Å². The Kier molecular flexibility index (Phi) is 8.93. The zero-order chi connectivity index (χ0) is 26.5. The zero-order valence-electron chi connectivity index (χ0n) is 21.2. The van der Waals surface area contributed by atoms with Gasteiger partial charge < -0.3 is 15.0 Å². The van der Waals surface area contributed by atoms with E-state index in [0.717, 1.165) is 36.8 Å². The van der Waals surface area contributed by atoms with E-state index in [1.54, 1.807) is 49.1 Å². The molecule has 1 atom stereocenters. The number of nitrogens with one attached hydrogen (secondary N) is 1. The third-order valence-electron chi connectivity index (χ3n) is 7.16. The van der Waals surface area contributed by atoms with Crippen LogP contribution in [-0.4, -0.2) is 35.3 Å². The minimum atomic E-state index is -0.483. The number of ether oxygens (including phenoxy) is 1. The van der Waals surface area contributed by atoms with Crippen molar-refractivity contribution >= 4 is 41.0 Å². The molecule has 4 rings (SSSR count). The molecule has 2 aromatic rings. The molecule has 0 bridgehead atoms. The number of carbonyl (C=O) groups is 3. The summed E-state index contributed by atoms with van der Waals surface area (Å²) in [5.74, 6) is -1.12. The Morgan fingerprint density at radius 1 is 1.03 bits per heavy atom. The van der Waals surface area contributed by atoms with Crippen molar-refractivity contribution in [1.82, 2.24) is 10.2 Å². The average molecular weight is 543 g/mol. The Morgan fingerprint density at radius 2 is 1.73 bits per heavy atom. The number of hydrogen-bond donors (Lipinski definition) is 1. The Bertz CT molecular complexity index is 1200. The van der Waals surface area contributed by atoms with Crippen molar-refractivity contribution in [3.05, 3.63) is 80.5 Å². The summed E-state index contributed by atoms with van der Waals surface area (Å²) in [5.41, 5.74) is 3.17. The van der Waals surface area contributed by atoms with Gasteiger partial charge in [0.2, 0.25) is 5.91 Å². The van der Waals surface area contributed by atoms with E-state index in [4.69, 9.17) is 27.9 Å². The van der Waals surface area contributed by atoms with Gasteiger partial charge in [-0.2, -0.15) is 0 Å². The number of esters is 1. The van der Waals surface area contributed by atoms with Gasteiger partial charge in [0, 0.05) is 29.6 Å². The van der Waals surface area contributed by atoms with Crippen LogP contribution in [0.15, 0.2) is 53.7 Å². The molecule has 1 saturated carbocycles. The summed E-state index contributed by atoms with van der Waals surface area (Å²) in [6, 6.07) is 12.7. The highest BCUT2D eigenvalue weighted by Crippen LogP contribution is 2.39. The SMILES string of the molecule is CCOC(=O)C1=C(C)N(Cc2ccc(C(=O)NC3CCCCC3)cc2)C(=O)C[C@H]1c1ccc(Cl)c(Cl)c1. The standard InChI is InChI=1S/C29H32Cl2N2O4/c1-3-37-29(36)27-18(2)33(26(34)16-23(27)21-13-14-24(30)25(31)15-21)17-19-9-11-20(12-10-19)28(35)32-22-7-5-4-6-8-22/h9-15,22-23H,3-8,16-17H2,1-2H3,(H,32,35)/t23-/m0/s1. The summed E-state index contributed by atoms with van der Waals surface area (Å²) >= 11 is 12.3. The van der Waals surface area contributed by atoms with E-state index < -0.39 is 11.9 Å². The Labute approximate surface area is 228 Å². The maximum atomic E-state index is 13.3. The molecule has 2 aliphatic rings. The first-order valence-electron chi connectivity index (χ1n) is 12.8. The van der Waals surface area contributed by atoms with Crippen molar-refractivity contribution < 1.29 is 19.1 Å². The molecule has 196 valence electrons. The van der Waals surface area contributed by atoms with Gasteiger partial charge in [0.05, 0.1) is 28.8 Å². The molecule has 1 N–H and O–H groups in total. The lowest BCUT2D eigenvalue weighted by atomic mass is 9.83. The summed E-state index contributed by atoms with van der Waals surface area (Å²) < 4.78 is 5.36. The molecule has 1 aliphatic heterocycles. The molecule has 1 fully saturated rings. The van der Waals surface area contributed by atoms with Gasteiger partial charge in [-0.3, -0.25) is 9.59 Å². The van der Waals surface area contributed by atoms with Crippen molar-refractivity contribution in [1.29, 1.82) is 0 Å². The molecule has 1 heterocycles. The highest BCUT2D eigenvalue weighted by Gasteiger charge is 2.37. The van der Waals surface area contributed by atoms with Gasteiger partial charge in [0.1, 0.15) is 0 Å². The van der Waals surface area contributed by atoms with Crippen LogP contribution in [0.1, 0.15) is 79.8 Å². The van der Waals surface area contributed by atoms with Gasteiger partial charge in [-0.05, 0) is 62.1 Å². The number of hydrogen-bond acceptors (Lipinski definition) is 4. The average Bonchev–Trinajstić information content (AvgIpc) is 2.89. The number of halogens is 2. The predicted molar refractivity (Wildman–Crippen MR) is 144 cm³/mol. The fourth-order valence-electron chi connectivity index (χ4n) is 5.15. The third kappa shape index (κ3) is 6.36.